The summed E-state index contributed by atoms with van der Waals surface area (Å²) in [6.45, 7) is 0.291. The molecule has 0 spiro atoms. The molecule has 1 aliphatic rings. The molecule has 9 nitrogen and oxygen atoms in total. The van der Waals surface area contributed by atoms with Crippen molar-refractivity contribution in [1.82, 2.24) is 9.03 Å². The van der Waals surface area contributed by atoms with Crippen molar-refractivity contribution >= 4 is 31.6 Å². The molecule has 1 aromatic heterocycles. The number of benzene rings is 1. The van der Waals surface area contributed by atoms with Crippen molar-refractivity contribution < 1.29 is 26.0 Å². The van der Waals surface area contributed by atoms with Crippen LogP contribution in [-0.2, 0) is 31.4 Å². The number of nitrogens with one attached hydrogen (secondary N) is 2. The van der Waals surface area contributed by atoms with Gasteiger partial charge in [0.05, 0.1) is 24.0 Å². The summed E-state index contributed by atoms with van der Waals surface area (Å²) in [6, 6.07) is 8.29. The van der Waals surface area contributed by atoms with Gasteiger partial charge in [-0.05, 0) is 43.2 Å². The molecule has 2 heterocycles. The molecular formula is C18H23N3O6S2. The number of sulfonamides is 2. The molecule has 1 amide bonds. The molecule has 0 aliphatic carbocycles. The van der Waals surface area contributed by atoms with E-state index in [9.17, 15) is 21.6 Å². The van der Waals surface area contributed by atoms with Crippen LogP contribution in [0.15, 0.2) is 52.0 Å². The second kappa shape index (κ2) is 8.66. The quantitative estimate of drug-likeness (QED) is 0.671. The lowest BCUT2D eigenvalue weighted by atomic mass is 10.0. The second-order valence-corrected chi connectivity index (χ2v) is 10.5. The van der Waals surface area contributed by atoms with Crippen LogP contribution in [-0.4, -0.2) is 45.9 Å². The van der Waals surface area contributed by atoms with Gasteiger partial charge < -0.3 is 9.73 Å². The molecule has 1 saturated heterocycles. The van der Waals surface area contributed by atoms with Crippen molar-refractivity contribution in [2.75, 3.05) is 18.1 Å². The maximum atomic E-state index is 12.7. The summed E-state index contributed by atoms with van der Waals surface area (Å²) in [7, 11) is -7.34. The number of hydrogen-bond acceptors (Lipinski definition) is 6. The Bertz CT molecular complexity index is 1060. The molecule has 1 atom stereocenters. The Morgan fingerprint density at radius 3 is 2.66 bits per heavy atom. The Kier molecular flexibility index (Phi) is 6.42. The van der Waals surface area contributed by atoms with Gasteiger partial charge in [0.25, 0.3) is 0 Å². The van der Waals surface area contributed by atoms with E-state index >= 15 is 0 Å². The first kappa shape index (κ1) is 21.5. The maximum absolute atomic E-state index is 12.7. The maximum Gasteiger partial charge on any atom is 0.242 e. The molecule has 2 N–H and O–H groups in total. The Morgan fingerprint density at radius 1 is 1.17 bits per heavy atom. The molecule has 3 rings (SSSR count). The molecule has 1 aliphatic heterocycles. The number of nitrogens with zero attached hydrogens (tertiary/aromatic N) is 1. The van der Waals surface area contributed by atoms with Crippen LogP contribution in [0.2, 0.25) is 0 Å². The van der Waals surface area contributed by atoms with E-state index < -0.39 is 32.0 Å². The number of piperidine rings is 1. The van der Waals surface area contributed by atoms with Crippen molar-refractivity contribution in [3.05, 3.63) is 48.4 Å². The Balaban J connectivity index is 1.72. The molecule has 0 bridgehead atoms. The smallest absolute Gasteiger partial charge is 0.242 e. The SMILES string of the molecule is CS(=O)(=O)N1CCCCC1C(=O)Nc1cccc(S(=O)(=O)NCc2ccco2)c1. The fourth-order valence-corrected chi connectivity index (χ4v) is 5.36. The van der Waals surface area contributed by atoms with Gasteiger partial charge in [-0.2, -0.15) is 4.31 Å². The molecule has 1 fully saturated rings. The molecule has 1 aromatic carbocycles. The van der Waals surface area contributed by atoms with Crippen molar-refractivity contribution in [3.63, 3.8) is 0 Å². The van der Waals surface area contributed by atoms with E-state index in [-0.39, 0.29) is 17.1 Å². The standard InChI is InChI=1S/C18H23N3O6S2/c1-28(23,24)21-10-3-2-9-17(21)18(22)20-14-6-4-8-16(12-14)29(25,26)19-13-15-7-5-11-27-15/h4-8,11-12,17,19H,2-3,9-10,13H2,1H3,(H,20,22). The van der Waals surface area contributed by atoms with Crippen molar-refractivity contribution in [3.8, 4) is 0 Å². The number of hydrogen-bond donors (Lipinski definition) is 2. The van der Waals surface area contributed by atoms with Gasteiger partial charge in [0.2, 0.25) is 26.0 Å². The van der Waals surface area contributed by atoms with Gasteiger partial charge >= 0.3 is 0 Å². The number of anilines is 1. The highest BCUT2D eigenvalue weighted by atomic mass is 32.2. The minimum Gasteiger partial charge on any atom is -0.468 e. The number of amides is 1. The summed E-state index contributed by atoms with van der Waals surface area (Å²) in [5.41, 5.74) is 0.273. The zero-order chi connectivity index (χ0) is 21.1. The molecule has 2 aromatic rings. The van der Waals surface area contributed by atoms with E-state index in [1.165, 1.54) is 28.8 Å². The summed E-state index contributed by atoms with van der Waals surface area (Å²) in [5, 5.41) is 2.64. The average molecular weight is 442 g/mol. The molecule has 0 saturated carbocycles. The Morgan fingerprint density at radius 2 is 1.97 bits per heavy atom. The second-order valence-electron chi connectivity index (χ2n) is 6.81. The lowest BCUT2D eigenvalue weighted by Crippen LogP contribution is -2.49. The van der Waals surface area contributed by atoms with Crippen molar-refractivity contribution in [2.45, 2.75) is 36.7 Å². The van der Waals surface area contributed by atoms with Gasteiger partial charge in [-0.3, -0.25) is 4.79 Å². The topological polar surface area (TPSA) is 126 Å². The summed E-state index contributed by atoms with van der Waals surface area (Å²) in [6.07, 6.45) is 4.39. The van der Waals surface area contributed by atoms with E-state index in [0.717, 1.165) is 12.7 Å². The van der Waals surface area contributed by atoms with Gasteiger partial charge in [-0.25, -0.2) is 21.6 Å². The van der Waals surface area contributed by atoms with Crippen LogP contribution in [0.5, 0.6) is 0 Å². The van der Waals surface area contributed by atoms with Crippen LogP contribution in [0.4, 0.5) is 5.69 Å². The number of furan rings is 1. The van der Waals surface area contributed by atoms with E-state index in [2.05, 4.69) is 10.0 Å². The molecular weight excluding hydrogens is 418 g/mol. The van der Waals surface area contributed by atoms with Gasteiger partial charge in [-0.1, -0.05) is 12.5 Å². The highest BCUT2D eigenvalue weighted by Crippen LogP contribution is 2.22. The summed E-state index contributed by atoms with van der Waals surface area (Å²) in [5.74, 6) is -0.00980. The van der Waals surface area contributed by atoms with Crippen LogP contribution >= 0.6 is 0 Å². The molecule has 29 heavy (non-hydrogen) atoms. The fourth-order valence-electron chi connectivity index (χ4n) is 3.19. The van der Waals surface area contributed by atoms with Gasteiger partial charge in [0, 0.05) is 12.2 Å². The Labute approximate surface area is 170 Å². The average Bonchev–Trinajstić information content (AvgIpc) is 3.20. The summed E-state index contributed by atoms with van der Waals surface area (Å²) < 4.78 is 57.6. The van der Waals surface area contributed by atoms with E-state index in [4.69, 9.17) is 4.42 Å². The van der Waals surface area contributed by atoms with E-state index in [0.29, 0.717) is 25.1 Å². The summed E-state index contributed by atoms with van der Waals surface area (Å²) in [4.78, 5) is 12.6. The normalized spacial score (nSPS) is 18.4. The van der Waals surface area contributed by atoms with Crippen LogP contribution in [0.1, 0.15) is 25.0 Å². The zero-order valence-corrected chi connectivity index (χ0v) is 17.5. The third kappa shape index (κ3) is 5.44. The van der Waals surface area contributed by atoms with Crippen molar-refractivity contribution in [1.29, 1.82) is 0 Å². The minimum absolute atomic E-state index is 0.00267. The van der Waals surface area contributed by atoms with Crippen molar-refractivity contribution in [2.24, 2.45) is 0 Å². The first-order chi connectivity index (χ1) is 13.7. The fraction of sp³-hybridized carbons (Fsp3) is 0.389. The van der Waals surface area contributed by atoms with E-state index in [1.807, 2.05) is 0 Å². The number of carbonyl (C=O) groups excluding carboxylic acids is 1. The van der Waals surface area contributed by atoms with Crippen LogP contribution in [0, 0.1) is 0 Å². The van der Waals surface area contributed by atoms with Crippen LogP contribution in [0.25, 0.3) is 0 Å². The highest BCUT2D eigenvalue weighted by molar-refractivity contribution is 7.89. The molecule has 158 valence electrons. The largest absolute Gasteiger partial charge is 0.468 e. The van der Waals surface area contributed by atoms with Gasteiger partial charge in [0.1, 0.15) is 11.8 Å². The Hall–Kier alpha value is -2.21. The van der Waals surface area contributed by atoms with Crippen LogP contribution in [0.3, 0.4) is 0 Å². The van der Waals surface area contributed by atoms with Crippen LogP contribution < -0.4 is 10.0 Å². The lowest BCUT2D eigenvalue weighted by Gasteiger charge is -2.32. The first-order valence-electron chi connectivity index (χ1n) is 9.06. The summed E-state index contributed by atoms with van der Waals surface area (Å²) >= 11 is 0. The minimum atomic E-state index is -3.82. The first-order valence-corrected chi connectivity index (χ1v) is 12.4. The molecule has 0 radical (unpaired) electrons. The lowest BCUT2D eigenvalue weighted by molar-refractivity contribution is -0.120. The highest BCUT2D eigenvalue weighted by Gasteiger charge is 2.34. The number of carbonyl (C=O) groups is 1. The third-order valence-electron chi connectivity index (χ3n) is 4.61. The van der Waals surface area contributed by atoms with Gasteiger partial charge in [0.15, 0.2) is 0 Å². The monoisotopic (exact) mass is 441 g/mol. The van der Waals surface area contributed by atoms with E-state index in [1.54, 1.807) is 18.2 Å². The molecule has 11 heteroatoms. The third-order valence-corrected chi connectivity index (χ3v) is 7.30. The number of rotatable bonds is 7. The predicted molar refractivity (Wildman–Crippen MR) is 107 cm³/mol. The predicted octanol–water partition coefficient (Wildman–Crippen LogP) is 1.51. The zero-order valence-electron chi connectivity index (χ0n) is 15.9. The van der Waals surface area contributed by atoms with Gasteiger partial charge in [-0.15, -0.1) is 0 Å². The molecule has 1 unspecified atom stereocenters.